The number of nitrogens with two attached hydrogens (primary N) is 1. The number of halogens is 2. The summed E-state index contributed by atoms with van der Waals surface area (Å²) in [6.07, 6.45) is 2.66. The summed E-state index contributed by atoms with van der Waals surface area (Å²) in [5.74, 6) is -1.75. The second kappa shape index (κ2) is 4.23. The second-order valence-corrected chi connectivity index (χ2v) is 5.90. The Morgan fingerprint density at radius 2 is 2.05 bits per heavy atom. The first-order valence-corrected chi connectivity index (χ1v) is 6.87. The fourth-order valence-corrected chi connectivity index (χ4v) is 3.14. The lowest BCUT2D eigenvalue weighted by molar-refractivity contribution is -0.148. The molecule has 2 aliphatic rings. The van der Waals surface area contributed by atoms with Gasteiger partial charge < -0.3 is 19.8 Å². The van der Waals surface area contributed by atoms with Crippen LogP contribution in [0.4, 0.5) is 14.6 Å². The Labute approximate surface area is 124 Å². The molecule has 22 heavy (non-hydrogen) atoms. The molecule has 3 heterocycles. The molecule has 6 nitrogen and oxygen atoms in total. The Hall–Kier alpha value is -2.06. The van der Waals surface area contributed by atoms with Crippen molar-refractivity contribution in [2.45, 2.75) is 37.9 Å². The molecule has 1 saturated heterocycles. The third-order valence-electron chi connectivity index (χ3n) is 3.96. The molecule has 3 atom stereocenters. The molecule has 0 bridgehead atoms. The van der Waals surface area contributed by atoms with E-state index in [1.54, 1.807) is 13.8 Å². The Morgan fingerprint density at radius 1 is 1.27 bits per heavy atom. The number of ether oxygens (including phenoxy) is 2. The number of anilines is 1. The van der Waals surface area contributed by atoms with Crippen molar-refractivity contribution < 1.29 is 18.3 Å². The third kappa shape index (κ3) is 1.77. The summed E-state index contributed by atoms with van der Waals surface area (Å²) in [5, 5.41) is 0. The van der Waals surface area contributed by atoms with E-state index < -0.39 is 35.7 Å². The van der Waals surface area contributed by atoms with E-state index in [2.05, 4.69) is 9.97 Å². The summed E-state index contributed by atoms with van der Waals surface area (Å²) in [6.45, 7) is 3.52. The van der Waals surface area contributed by atoms with E-state index in [0.717, 1.165) is 6.20 Å². The fraction of sp³-hybridized carbons (Fsp3) is 0.429. The molecule has 2 N–H and O–H groups in total. The largest absolute Gasteiger partial charge is 0.382 e. The molecule has 0 spiro atoms. The van der Waals surface area contributed by atoms with Crippen LogP contribution in [0.5, 0.6) is 0 Å². The topological polar surface area (TPSA) is 75.2 Å². The minimum atomic E-state index is -0.809. The molecule has 4 rings (SSSR count). The van der Waals surface area contributed by atoms with E-state index in [1.807, 2.05) is 0 Å². The van der Waals surface area contributed by atoms with Crippen molar-refractivity contribution in [2.24, 2.45) is 0 Å². The van der Waals surface area contributed by atoms with E-state index in [0.29, 0.717) is 0 Å². The van der Waals surface area contributed by atoms with Crippen LogP contribution in [0.1, 0.15) is 19.9 Å². The van der Waals surface area contributed by atoms with Crippen LogP contribution < -0.4 is 5.73 Å². The summed E-state index contributed by atoms with van der Waals surface area (Å²) in [4.78, 5) is 7.76. The lowest BCUT2D eigenvalue weighted by atomic mass is 10.1. The van der Waals surface area contributed by atoms with Crippen LogP contribution in [0.2, 0.25) is 0 Å². The zero-order valence-electron chi connectivity index (χ0n) is 12.0. The van der Waals surface area contributed by atoms with Crippen molar-refractivity contribution in [3.8, 4) is 0 Å². The maximum Gasteiger partial charge on any atom is 0.169 e. The molecule has 2 aromatic rings. The van der Waals surface area contributed by atoms with Gasteiger partial charge >= 0.3 is 0 Å². The summed E-state index contributed by atoms with van der Waals surface area (Å²) in [5.41, 5.74) is 6.13. The van der Waals surface area contributed by atoms with Crippen LogP contribution in [0.25, 0.3) is 11.0 Å². The number of hydrogen-bond donors (Lipinski definition) is 1. The quantitative estimate of drug-likeness (QED) is 0.873. The van der Waals surface area contributed by atoms with Crippen LogP contribution in [0.15, 0.2) is 24.4 Å². The average molecular weight is 308 g/mol. The van der Waals surface area contributed by atoms with Gasteiger partial charge in [-0.3, -0.25) is 0 Å². The van der Waals surface area contributed by atoms with E-state index in [-0.39, 0.29) is 16.9 Å². The van der Waals surface area contributed by atoms with Crippen LogP contribution in [0, 0.1) is 5.82 Å². The Bertz CT molecular complexity index is 801. The van der Waals surface area contributed by atoms with Crippen molar-refractivity contribution >= 4 is 16.9 Å². The van der Waals surface area contributed by atoms with Gasteiger partial charge in [0.2, 0.25) is 0 Å². The van der Waals surface area contributed by atoms with Crippen molar-refractivity contribution in [3.05, 3.63) is 30.2 Å². The van der Waals surface area contributed by atoms with Crippen LogP contribution in [-0.2, 0) is 9.47 Å². The van der Waals surface area contributed by atoms with Crippen molar-refractivity contribution in [1.82, 2.24) is 14.5 Å². The highest BCUT2D eigenvalue weighted by Gasteiger charge is 2.51. The van der Waals surface area contributed by atoms with Gasteiger partial charge in [-0.05, 0) is 19.9 Å². The number of fused-ring (bicyclic) bond motifs is 2. The van der Waals surface area contributed by atoms with Gasteiger partial charge in [-0.1, -0.05) is 0 Å². The predicted octanol–water partition coefficient (Wildman–Crippen LogP) is 2.08. The highest BCUT2D eigenvalue weighted by molar-refractivity contribution is 5.85. The highest BCUT2D eigenvalue weighted by atomic mass is 19.1. The van der Waals surface area contributed by atoms with Crippen molar-refractivity contribution in [1.29, 1.82) is 0 Å². The number of hydrogen-bond acceptors (Lipinski definition) is 5. The molecule has 8 heteroatoms. The number of imidazole rings is 1. The van der Waals surface area contributed by atoms with Gasteiger partial charge in [0, 0.05) is 0 Å². The van der Waals surface area contributed by atoms with E-state index >= 15 is 0 Å². The summed E-state index contributed by atoms with van der Waals surface area (Å²) in [6, 6.07) is -0.803. The second-order valence-electron chi connectivity index (χ2n) is 5.90. The molecule has 116 valence electrons. The standard InChI is InChI=1S/C14H14F2N4O2/c1-14(2)21-8-3-6(15)10(12(8)22-14)20-5-19-9-7(16)4-18-13(17)11(9)20/h3-5,8,10,12H,1-2H3,(H2,17,18)/t8-,10-,12-/m1/s1. The van der Waals surface area contributed by atoms with E-state index in [9.17, 15) is 8.78 Å². The van der Waals surface area contributed by atoms with Gasteiger partial charge in [-0.25, -0.2) is 18.7 Å². The summed E-state index contributed by atoms with van der Waals surface area (Å²) >= 11 is 0. The first-order chi connectivity index (χ1) is 10.4. The average Bonchev–Trinajstić information content (AvgIpc) is 3.04. The Morgan fingerprint density at radius 3 is 2.82 bits per heavy atom. The molecular formula is C14H14F2N4O2. The van der Waals surface area contributed by atoms with Gasteiger partial charge in [0.05, 0.1) is 12.5 Å². The number of rotatable bonds is 1. The molecule has 2 aromatic heterocycles. The predicted molar refractivity (Wildman–Crippen MR) is 74.0 cm³/mol. The molecule has 0 saturated carbocycles. The zero-order chi connectivity index (χ0) is 15.6. The maximum atomic E-state index is 14.4. The van der Waals surface area contributed by atoms with Crippen molar-refractivity contribution in [3.63, 3.8) is 0 Å². The normalized spacial score (nSPS) is 29.8. The van der Waals surface area contributed by atoms with E-state index in [1.165, 1.54) is 17.0 Å². The molecule has 1 aliphatic heterocycles. The third-order valence-corrected chi connectivity index (χ3v) is 3.96. The lowest BCUT2D eigenvalue weighted by Gasteiger charge is -2.23. The molecule has 0 radical (unpaired) electrons. The molecule has 0 amide bonds. The minimum absolute atomic E-state index is 0.0573. The number of pyridine rings is 1. The first kappa shape index (κ1) is 13.6. The van der Waals surface area contributed by atoms with Crippen LogP contribution in [0.3, 0.4) is 0 Å². The highest BCUT2D eigenvalue weighted by Crippen LogP contribution is 2.45. The fourth-order valence-electron chi connectivity index (χ4n) is 3.14. The zero-order valence-corrected chi connectivity index (χ0v) is 12.0. The van der Waals surface area contributed by atoms with Gasteiger partial charge in [0.1, 0.15) is 40.9 Å². The Kier molecular flexibility index (Phi) is 2.62. The van der Waals surface area contributed by atoms with Gasteiger partial charge in [-0.2, -0.15) is 0 Å². The number of nitrogens with zero attached hydrogens (tertiary/aromatic N) is 3. The molecule has 1 aliphatic carbocycles. The smallest absolute Gasteiger partial charge is 0.169 e. The van der Waals surface area contributed by atoms with Gasteiger partial charge in [0.15, 0.2) is 11.6 Å². The van der Waals surface area contributed by atoms with Gasteiger partial charge in [-0.15, -0.1) is 0 Å². The monoisotopic (exact) mass is 308 g/mol. The molecule has 0 unspecified atom stereocenters. The Balaban J connectivity index is 1.86. The minimum Gasteiger partial charge on any atom is -0.382 e. The lowest BCUT2D eigenvalue weighted by Crippen LogP contribution is -2.28. The van der Waals surface area contributed by atoms with Crippen molar-refractivity contribution in [2.75, 3.05) is 5.73 Å². The van der Waals surface area contributed by atoms with Crippen LogP contribution in [-0.4, -0.2) is 32.5 Å². The molecule has 0 aromatic carbocycles. The van der Waals surface area contributed by atoms with Gasteiger partial charge in [0.25, 0.3) is 0 Å². The number of aromatic nitrogens is 3. The summed E-state index contributed by atoms with van der Waals surface area (Å²) < 4.78 is 41.1. The van der Waals surface area contributed by atoms with E-state index in [4.69, 9.17) is 15.2 Å². The first-order valence-electron chi connectivity index (χ1n) is 6.87. The summed E-state index contributed by atoms with van der Waals surface area (Å²) in [7, 11) is 0. The SMILES string of the molecule is CC1(C)O[C@H]2[C@H](n3cnc4c(F)cnc(N)c43)C(F)=C[C@H]2O1. The number of nitrogen functional groups attached to an aromatic ring is 1. The molecular weight excluding hydrogens is 294 g/mol. The maximum absolute atomic E-state index is 14.4. The van der Waals surface area contributed by atoms with Crippen LogP contribution >= 0.6 is 0 Å². The molecule has 1 fully saturated rings.